The number of ether oxygens (including phenoxy) is 1. The van der Waals surface area contributed by atoms with E-state index in [4.69, 9.17) is 4.74 Å². The highest BCUT2D eigenvalue weighted by atomic mass is 16.5. The Hall–Kier alpha value is -2.82. The molecule has 1 aliphatic heterocycles. The van der Waals surface area contributed by atoms with Crippen molar-refractivity contribution in [3.8, 4) is 11.5 Å². The zero-order valence-electron chi connectivity index (χ0n) is 13.6. The predicted octanol–water partition coefficient (Wildman–Crippen LogP) is 3.67. The largest absolute Gasteiger partial charge is 0.504 e. The van der Waals surface area contributed by atoms with Gasteiger partial charge in [0.1, 0.15) is 0 Å². The van der Waals surface area contributed by atoms with Crippen LogP contribution in [0.3, 0.4) is 0 Å². The fraction of sp³-hybridized carbons (Fsp3) is 0.263. The minimum atomic E-state index is 0.0855. The lowest BCUT2D eigenvalue weighted by Crippen LogP contribution is -2.23. The molecule has 0 aromatic heterocycles. The lowest BCUT2D eigenvalue weighted by Gasteiger charge is -2.15. The first kappa shape index (κ1) is 16.1. The van der Waals surface area contributed by atoms with Crippen LogP contribution in [0.5, 0.6) is 11.5 Å². The zero-order chi connectivity index (χ0) is 16.9. The van der Waals surface area contributed by atoms with Crippen LogP contribution in [-0.4, -0.2) is 30.4 Å². The number of benzene rings is 2. The third-order valence-electron chi connectivity index (χ3n) is 3.92. The van der Waals surface area contributed by atoms with Crippen molar-refractivity contribution in [2.75, 3.05) is 18.1 Å². The van der Waals surface area contributed by atoms with Gasteiger partial charge in [0.2, 0.25) is 5.91 Å². The van der Waals surface area contributed by atoms with Crippen molar-refractivity contribution in [2.45, 2.75) is 19.8 Å². The molecule has 1 aliphatic rings. The molecule has 0 saturated carbocycles. The smallest absolute Gasteiger partial charge is 0.227 e. The van der Waals surface area contributed by atoms with Gasteiger partial charge < -0.3 is 14.7 Å². The standard InChI is InChI=1S/C19H20N2O3/c1-2-24-17-6-3-5-14(19(17)23)13-20-15-8-10-16(11-9-15)21-12-4-7-18(21)22/h3,5-6,8-11,13,23H,2,4,7,12H2,1H3. The number of aliphatic imine (C=N–C) groups is 1. The second-order valence-corrected chi connectivity index (χ2v) is 5.55. The van der Waals surface area contributed by atoms with Gasteiger partial charge in [-0.05, 0) is 49.7 Å². The summed E-state index contributed by atoms with van der Waals surface area (Å²) in [5.74, 6) is 0.704. The maximum absolute atomic E-state index is 11.7. The van der Waals surface area contributed by atoms with E-state index < -0.39 is 0 Å². The lowest BCUT2D eigenvalue weighted by molar-refractivity contribution is -0.117. The van der Waals surface area contributed by atoms with Crippen molar-refractivity contribution in [3.63, 3.8) is 0 Å². The third kappa shape index (κ3) is 3.40. The van der Waals surface area contributed by atoms with Crippen LogP contribution in [0.15, 0.2) is 47.5 Å². The Labute approximate surface area is 141 Å². The van der Waals surface area contributed by atoms with E-state index in [-0.39, 0.29) is 11.7 Å². The molecule has 1 fully saturated rings. The van der Waals surface area contributed by atoms with Crippen LogP contribution >= 0.6 is 0 Å². The van der Waals surface area contributed by atoms with E-state index >= 15 is 0 Å². The summed E-state index contributed by atoms with van der Waals surface area (Å²) >= 11 is 0. The Morgan fingerprint density at radius 1 is 1.25 bits per heavy atom. The van der Waals surface area contributed by atoms with Gasteiger partial charge in [0.05, 0.1) is 12.3 Å². The molecule has 1 heterocycles. The summed E-state index contributed by atoms with van der Waals surface area (Å²) in [6.45, 7) is 3.14. The summed E-state index contributed by atoms with van der Waals surface area (Å²) in [6.07, 6.45) is 3.14. The summed E-state index contributed by atoms with van der Waals surface area (Å²) in [4.78, 5) is 17.9. The van der Waals surface area contributed by atoms with Gasteiger partial charge >= 0.3 is 0 Å². The molecule has 1 saturated heterocycles. The molecular weight excluding hydrogens is 304 g/mol. The highest BCUT2D eigenvalue weighted by Crippen LogP contribution is 2.29. The quantitative estimate of drug-likeness (QED) is 0.854. The first-order chi connectivity index (χ1) is 11.7. The van der Waals surface area contributed by atoms with Crippen LogP contribution in [0.25, 0.3) is 0 Å². The van der Waals surface area contributed by atoms with Gasteiger partial charge in [0.15, 0.2) is 11.5 Å². The highest BCUT2D eigenvalue weighted by molar-refractivity contribution is 5.95. The molecule has 0 atom stereocenters. The number of anilines is 1. The number of carbonyl (C=O) groups is 1. The molecule has 2 aromatic rings. The van der Waals surface area contributed by atoms with Gasteiger partial charge in [-0.3, -0.25) is 9.79 Å². The van der Waals surface area contributed by atoms with Gasteiger partial charge in [0.25, 0.3) is 0 Å². The van der Waals surface area contributed by atoms with E-state index in [2.05, 4.69) is 4.99 Å². The first-order valence-corrected chi connectivity index (χ1v) is 8.08. The molecule has 2 aromatic carbocycles. The van der Waals surface area contributed by atoms with Gasteiger partial charge in [-0.15, -0.1) is 0 Å². The van der Waals surface area contributed by atoms with Gasteiger partial charge in [-0.1, -0.05) is 6.07 Å². The predicted molar refractivity (Wildman–Crippen MR) is 94.6 cm³/mol. The summed E-state index contributed by atoms with van der Waals surface area (Å²) in [7, 11) is 0. The molecule has 24 heavy (non-hydrogen) atoms. The van der Waals surface area contributed by atoms with Gasteiger partial charge in [-0.2, -0.15) is 0 Å². The number of hydrogen-bond acceptors (Lipinski definition) is 4. The molecule has 3 rings (SSSR count). The van der Waals surface area contributed by atoms with Crippen LogP contribution < -0.4 is 9.64 Å². The van der Waals surface area contributed by atoms with Crippen LogP contribution in [0.1, 0.15) is 25.3 Å². The summed E-state index contributed by atoms with van der Waals surface area (Å²) in [6, 6.07) is 12.8. The number of rotatable bonds is 5. The number of phenolic OH excluding ortho intramolecular Hbond substituents is 1. The minimum absolute atomic E-state index is 0.0855. The van der Waals surface area contributed by atoms with E-state index in [1.54, 1.807) is 23.2 Å². The van der Waals surface area contributed by atoms with E-state index in [9.17, 15) is 9.90 Å². The molecule has 0 bridgehead atoms. The van der Waals surface area contributed by atoms with Crippen molar-refractivity contribution in [3.05, 3.63) is 48.0 Å². The number of amides is 1. The van der Waals surface area contributed by atoms with E-state index in [0.717, 1.165) is 24.3 Å². The summed E-state index contributed by atoms with van der Waals surface area (Å²) in [5, 5.41) is 10.2. The van der Waals surface area contributed by atoms with Crippen molar-refractivity contribution >= 4 is 23.5 Å². The van der Waals surface area contributed by atoms with Crippen molar-refractivity contribution in [1.29, 1.82) is 0 Å². The Bertz CT molecular complexity index is 754. The van der Waals surface area contributed by atoms with Crippen molar-refractivity contribution in [1.82, 2.24) is 0 Å². The maximum Gasteiger partial charge on any atom is 0.227 e. The Kier molecular flexibility index (Phi) is 4.79. The zero-order valence-corrected chi connectivity index (χ0v) is 13.6. The lowest BCUT2D eigenvalue weighted by atomic mass is 10.2. The number of carbonyl (C=O) groups excluding carboxylic acids is 1. The number of para-hydroxylation sites is 1. The van der Waals surface area contributed by atoms with Gasteiger partial charge in [-0.25, -0.2) is 0 Å². The first-order valence-electron chi connectivity index (χ1n) is 8.08. The monoisotopic (exact) mass is 324 g/mol. The number of hydrogen-bond donors (Lipinski definition) is 1. The Balaban J connectivity index is 1.75. The molecular formula is C19H20N2O3. The second-order valence-electron chi connectivity index (χ2n) is 5.55. The van der Waals surface area contributed by atoms with Gasteiger partial charge in [0, 0.05) is 30.4 Å². The molecule has 1 N–H and O–H groups in total. The summed E-state index contributed by atoms with van der Waals surface area (Å²) < 4.78 is 5.36. The molecule has 124 valence electrons. The molecule has 0 aliphatic carbocycles. The fourth-order valence-corrected chi connectivity index (χ4v) is 2.70. The highest BCUT2D eigenvalue weighted by Gasteiger charge is 2.21. The average Bonchev–Trinajstić information content (AvgIpc) is 3.02. The minimum Gasteiger partial charge on any atom is -0.504 e. The van der Waals surface area contributed by atoms with Crippen LogP contribution in [0.2, 0.25) is 0 Å². The molecule has 5 heteroatoms. The number of nitrogens with zero attached hydrogens (tertiary/aromatic N) is 2. The van der Waals surface area contributed by atoms with E-state index in [0.29, 0.717) is 24.3 Å². The fourth-order valence-electron chi connectivity index (χ4n) is 2.70. The second kappa shape index (κ2) is 7.17. The SMILES string of the molecule is CCOc1cccc(C=Nc2ccc(N3CCCC3=O)cc2)c1O. The summed E-state index contributed by atoms with van der Waals surface area (Å²) in [5.41, 5.74) is 2.25. The van der Waals surface area contributed by atoms with Crippen LogP contribution in [-0.2, 0) is 4.79 Å². The number of phenols is 1. The molecule has 0 radical (unpaired) electrons. The topological polar surface area (TPSA) is 62.1 Å². The van der Waals surface area contributed by atoms with Crippen LogP contribution in [0.4, 0.5) is 11.4 Å². The Morgan fingerprint density at radius 3 is 2.71 bits per heavy atom. The number of aromatic hydroxyl groups is 1. The van der Waals surface area contributed by atoms with E-state index in [1.807, 2.05) is 37.3 Å². The van der Waals surface area contributed by atoms with Crippen LogP contribution in [0, 0.1) is 0 Å². The molecule has 0 unspecified atom stereocenters. The average molecular weight is 324 g/mol. The third-order valence-corrected chi connectivity index (χ3v) is 3.92. The van der Waals surface area contributed by atoms with Crippen molar-refractivity contribution in [2.24, 2.45) is 4.99 Å². The molecule has 1 amide bonds. The van der Waals surface area contributed by atoms with E-state index in [1.165, 1.54) is 0 Å². The molecule has 0 spiro atoms. The molecule has 5 nitrogen and oxygen atoms in total. The Morgan fingerprint density at radius 2 is 2.04 bits per heavy atom. The van der Waals surface area contributed by atoms with Crippen molar-refractivity contribution < 1.29 is 14.6 Å². The normalized spacial score (nSPS) is 14.5. The maximum atomic E-state index is 11.7.